The number of rotatable bonds is 5. The molecule has 3 amide bonds. The molecule has 0 aromatic heterocycles. The summed E-state index contributed by atoms with van der Waals surface area (Å²) in [6.07, 6.45) is 4.82. The van der Waals surface area contributed by atoms with Crippen molar-refractivity contribution in [3.05, 3.63) is 40.9 Å². The van der Waals surface area contributed by atoms with E-state index in [2.05, 4.69) is 21.2 Å². The third-order valence-electron chi connectivity index (χ3n) is 5.34. The van der Waals surface area contributed by atoms with Gasteiger partial charge < -0.3 is 10.1 Å². The number of fused-ring (bicyclic) bond motifs is 5. The highest BCUT2D eigenvalue weighted by Gasteiger charge is 2.59. The molecule has 4 rings (SSSR count). The second kappa shape index (κ2) is 6.92. The van der Waals surface area contributed by atoms with Gasteiger partial charge in [0.05, 0.1) is 11.8 Å². The molecule has 1 aromatic rings. The Morgan fingerprint density at radius 1 is 1.07 bits per heavy atom. The van der Waals surface area contributed by atoms with Crippen LogP contribution in [0.5, 0.6) is 0 Å². The number of allylic oxidation sites excluding steroid dienone is 2. The lowest BCUT2D eigenvalue weighted by molar-refractivity contribution is -0.154. The summed E-state index contributed by atoms with van der Waals surface area (Å²) in [6, 6.07) is 6.94. The number of benzene rings is 1. The van der Waals surface area contributed by atoms with Gasteiger partial charge >= 0.3 is 5.97 Å². The number of amides is 3. The van der Waals surface area contributed by atoms with Crippen molar-refractivity contribution in [3.8, 4) is 0 Å². The Bertz CT molecular complexity index is 820. The summed E-state index contributed by atoms with van der Waals surface area (Å²) in [7, 11) is 0. The Morgan fingerprint density at radius 3 is 2.26 bits per heavy atom. The summed E-state index contributed by atoms with van der Waals surface area (Å²) < 4.78 is 5.80. The summed E-state index contributed by atoms with van der Waals surface area (Å²) in [4.78, 5) is 49.9. The van der Waals surface area contributed by atoms with E-state index in [1.165, 1.54) is 0 Å². The van der Waals surface area contributed by atoms with Crippen molar-refractivity contribution in [1.29, 1.82) is 0 Å². The van der Waals surface area contributed by atoms with Crippen LogP contribution >= 0.6 is 15.9 Å². The molecule has 27 heavy (non-hydrogen) atoms. The first kappa shape index (κ1) is 17.9. The number of imide groups is 1. The maximum atomic E-state index is 12.5. The van der Waals surface area contributed by atoms with E-state index in [1.807, 2.05) is 12.2 Å². The molecule has 1 saturated heterocycles. The van der Waals surface area contributed by atoms with E-state index in [-0.39, 0.29) is 35.5 Å². The largest absolute Gasteiger partial charge is 0.454 e. The summed E-state index contributed by atoms with van der Waals surface area (Å²) in [5.74, 6) is -2.40. The van der Waals surface area contributed by atoms with Gasteiger partial charge in [0.2, 0.25) is 11.8 Å². The highest BCUT2D eigenvalue weighted by molar-refractivity contribution is 9.10. The van der Waals surface area contributed by atoms with Crippen LogP contribution in [0.3, 0.4) is 0 Å². The quantitative estimate of drug-likeness (QED) is 0.434. The molecule has 0 spiro atoms. The second-order valence-corrected chi connectivity index (χ2v) is 7.89. The number of esters is 1. The van der Waals surface area contributed by atoms with Gasteiger partial charge in [-0.2, -0.15) is 0 Å². The van der Waals surface area contributed by atoms with Crippen LogP contribution in [0.2, 0.25) is 0 Å². The normalized spacial score (nSPS) is 27.8. The second-order valence-electron chi connectivity index (χ2n) is 6.98. The van der Waals surface area contributed by atoms with Gasteiger partial charge in [-0.1, -0.05) is 28.1 Å². The molecule has 1 saturated carbocycles. The third kappa shape index (κ3) is 3.29. The zero-order valence-electron chi connectivity index (χ0n) is 14.3. The highest BCUT2D eigenvalue weighted by Crippen LogP contribution is 2.52. The monoisotopic (exact) mass is 432 g/mol. The highest BCUT2D eigenvalue weighted by atomic mass is 79.9. The molecule has 2 aliphatic carbocycles. The minimum absolute atomic E-state index is 0.0918. The van der Waals surface area contributed by atoms with Gasteiger partial charge in [-0.15, -0.1) is 0 Å². The van der Waals surface area contributed by atoms with Gasteiger partial charge in [0.25, 0.3) is 5.91 Å². The Balaban J connectivity index is 1.28. The fourth-order valence-electron chi connectivity index (χ4n) is 4.17. The molecular weight excluding hydrogens is 416 g/mol. The Labute approximate surface area is 163 Å². The summed E-state index contributed by atoms with van der Waals surface area (Å²) in [5, 5.41) is 2.60. The van der Waals surface area contributed by atoms with Crippen molar-refractivity contribution in [3.63, 3.8) is 0 Å². The van der Waals surface area contributed by atoms with Gasteiger partial charge in [-0.05, 0) is 42.5 Å². The number of hydrogen-bond donors (Lipinski definition) is 1. The van der Waals surface area contributed by atoms with Crippen LogP contribution in [0.15, 0.2) is 40.9 Å². The fourth-order valence-corrected chi connectivity index (χ4v) is 4.44. The summed E-state index contributed by atoms with van der Waals surface area (Å²) in [5.41, 5.74) is 0.569. The lowest BCUT2D eigenvalue weighted by Gasteiger charge is -2.16. The van der Waals surface area contributed by atoms with Crippen LogP contribution in [0.25, 0.3) is 0 Å². The molecule has 1 aliphatic heterocycles. The van der Waals surface area contributed by atoms with E-state index in [1.54, 1.807) is 24.3 Å². The molecule has 2 bridgehead atoms. The number of nitrogens with zero attached hydrogens (tertiary/aromatic N) is 1. The number of ether oxygens (including phenoxy) is 1. The van der Waals surface area contributed by atoms with Crippen LogP contribution in [0.4, 0.5) is 5.69 Å². The standard InChI is InChI=1S/C19H17BrN2O5/c20-12-3-5-13(6-4-12)21-14(23)9-27-15(24)8-22-18(25)16-10-1-2-11(7-10)17(16)19(22)26/h1-6,10-11,16-17H,7-9H2,(H,21,23)/t10-,11-,16-,17-/m0/s1. The van der Waals surface area contributed by atoms with Crippen molar-refractivity contribution >= 4 is 45.3 Å². The maximum absolute atomic E-state index is 12.5. The van der Waals surface area contributed by atoms with Crippen LogP contribution in [0, 0.1) is 23.7 Å². The van der Waals surface area contributed by atoms with Crippen molar-refractivity contribution < 1.29 is 23.9 Å². The summed E-state index contributed by atoms with van der Waals surface area (Å²) >= 11 is 3.30. The van der Waals surface area contributed by atoms with E-state index in [4.69, 9.17) is 4.74 Å². The van der Waals surface area contributed by atoms with Crippen LogP contribution < -0.4 is 5.32 Å². The van der Waals surface area contributed by atoms with Crippen molar-refractivity contribution in [1.82, 2.24) is 4.90 Å². The number of likely N-dealkylation sites (tertiary alicyclic amines) is 1. The number of halogens is 1. The molecule has 7 nitrogen and oxygen atoms in total. The molecule has 1 aromatic carbocycles. The molecule has 1 heterocycles. The molecule has 140 valence electrons. The number of hydrogen-bond acceptors (Lipinski definition) is 5. The van der Waals surface area contributed by atoms with E-state index in [0.717, 1.165) is 15.8 Å². The lowest BCUT2D eigenvalue weighted by atomic mass is 9.85. The van der Waals surface area contributed by atoms with Crippen molar-refractivity contribution in [2.45, 2.75) is 6.42 Å². The average molecular weight is 433 g/mol. The number of carbonyl (C=O) groups excluding carboxylic acids is 4. The van der Waals surface area contributed by atoms with Crippen molar-refractivity contribution in [2.75, 3.05) is 18.5 Å². The van der Waals surface area contributed by atoms with Crippen LogP contribution in [-0.4, -0.2) is 41.7 Å². The van der Waals surface area contributed by atoms with Crippen molar-refractivity contribution in [2.24, 2.45) is 23.7 Å². The van der Waals surface area contributed by atoms with E-state index in [9.17, 15) is 19.2 Å². The molecular formula is C19H17BrN2O5. The maximum Gasteiger partial charge on any atom is 0.326 e. The number of nitrogens with one attached hydrogen (secondary N) is 1. The molecule has 3 aliphatic rings. The zero-order valence-corrected chi connectivity index (χ0v) is 15.8. The molecule has 4 atom stereocenters. The Kier molecular flexibility index (Phi) is 4.59. The average Bonchev–Trinajstić information content (AvgIpc) is 3.32. The minimum Gasteiger partial charge on any atom is -0.454 e. The van der Waals surface area contributed by atoms with E-state index in [0.29, 0.717) is 5.69 Å². The summed E-state index contributed by atoms with van der Waals surface area (Å²) in [6.45, 7) is -0.930. The molecule has 0 radical (unpaired) electrons. The first-order valence-corrected chi connectivity index (χ1v) is 9.48. The minimum atomic E-state index is -0.775. The number of carbonyl (C=O) groups is 4. The predicted molar refractivity (Wildman–Crippen MR) is 98.2 cm³/mol. The smallest absolute Gasteiger partial charge is 0.326 e. The van der Waals surface area contributed by atoms with Gasteiger partial charge in [-0.3, -0.25) is 24.1 Å². The van der Waals surface area contributed by atoms with Gasteiger partial charge in [0.1, 0.15) is 6.54 Å². The molecule has 1 N–H and O–H groups in total. The fraction of sp³-hybridized carbons (Fsp3) is 0.368. The lowest BCUT2D eigenvalue weighted by Crippen LogP contribution is -2.38. The van der Waals surface area contributed by atoms with E-state index < -0.39 is 25.0 Å². The van der Waals surface area contributed by atoms with Crippen LogP contribution in [-0.2, 0) is 23.9 Å². The number of anilines is 1. The molecule has 0 unspecified atom stereocenters. The predicted octanol–water partition coefficient (Wildman–Crippen LogP) is 1.74. The molecule has 2 fully saturated rings. The molecule has 8 heteroatoms. The Hall–Kier alpha value is -2.48. The first-order chi connectivity index (χ1) is 12.9. The first-order valence-electron chi connectivity index (χ1n) is 8.68. The zero-order chi connectivity index (χ0) is 19.1. The van der Waals surface area contributed by atoms with Gasteiger partial charge in [-0.25, -0.2) is 0 Å². The topological polar surface area (TPSA) is 92.8 Å². The van der Waals surface area contributed by atoms with E-state index >= 15 is 0 Å². The SMILES string of the molecule is O=C(COC(=O)CN1C(=O)[C@@H]2[C@@H](C1=O)[C@H]1C=C[C@H]2C1)Nc1ccc(Br)cc1. The Morgan fingerprint density at radius 2 is 1.67 bits per heavy atom. The van der Waals surface area contributed by atoms with Gasteiger partial charge in [0.15, 0.2) is 6.61 Å². The van der Waals surface area contributed by atoms with Gasteiger partial charge in [0, 0.05) is 10.2 Å². The van der Waals surface area contributed by atoms with Crippen LogP contribution in [0.1, 0.15) is 6.42 Å². The third-order valence-corrected chi connectivity index (χ3v) is 5.87.